The van der Waals surface area contributed by atoms with E-state index in [9.17, 15) is 14.7 Å². The Morgan fingerprint density at radius 1 is 0.805 bits per heavy atom. The molecule has 41 heavy (non-hydrogen) atoms. The lowest BCUT2D eigenvalue weighted by Gasteiger charge is -2.40. The van der Waals surface area contributed by atoms with Gasteiger partial charge in [-0.3, -0.25) is 9.69 Å². The van der Waals surface area contributed by atoms with Gasteiger partial charge < -0.3 is 19.5 Å². The van der Waals surface area contributed by atoms with Crippen LogP contribution in [0.5, 0.6) is 0 Å². The van der Waals surface area contributed by atoms with Crippen molar-refractivity contribution in [3.63, 3.8) is 0 Å². The van der Waals surface area contributed by atoms with Crippen LogP contribution in [0.1, 0.15) is 34.1 Å². The lowest BCUT2D eigenvalue weighted by atomic mass is 10.0. The van der Waals surface area contributed by atoms with Crippen LogP contribution in [0.15, 0.2) is 97.3 Å². The average molecular weight is 550 g/mol. The summed E-state index contributed by atoms with van der Waals surface area (Å²) < 4.78 is 2.19. The predicted molar refractivity (Wildman–Crippen MR) is 158 cm³/mol. The maximum atomic E-state index is 14.3. The summed E-state index contributed by atoms with van der Waals surface area (Å²) >= 11 is 0. The molecule has 1 aromatic heterocycles. The summed E-state index contributed by atoms with van der Waals surface area (Å²) in [6.45, 7) is 3.64. The van der Waals surface area contributed by atoms with Crippen LogP contribution in [0.2, 0.25) is 0 Å². The zero-order valence-corrected chi connectivity index (χ0v) is 23.0. The summed E-state index contributed by atoms with van der Waals surface area (Å²) in [4.78, 5) is 36.6. The van der Waals surface area contributed by atoms with Crippen molar-refractivity contribution in [1.82, 2.24) is 24.3 Å². The molecule has 0 unspecified atom stereocenters. The van der Waals surface area contributed by atoms with E-state index in [0.717, 1.165) is 42.9 Å². The Kier molecular flexibility index (Phi) is 7.82. The van der Waals surface area contributed by atoms with Crippen molar-refractivity contribution < 1.29 is 14.7 Å². The van der Waals surface area contributed by atoms with Crippen LogP contribution in [-0.2, 0) is 13.0 Å². The monoisotopic (exact) mass is 549 g/mol. The molecule has 0 radical (unpaired) electrons. The largest absolute Gasteiger partial charge is 0.465 e. The third kappa shape index (κ3) is 5.88. The second-order valence-corrected chi connectivity index (χ2v) is 10.9. The number of hydrogen-bond acceptors (Lipinski definition) is 4. The van der Waals surface area contributed by atoms with Crippen LogP contribution in [0.3, 0.4) is 0 Å². The van der Waals surface area contributed by atoms with Gasteiger partial charge in [0, 0.05) is 50.9 Å². The molecule has 2 aliphatic rings. The minimum atomic E-state index is -0.953. The number of carboxylic acid groups (broad SMARTS) is 1. The number of hydrogen-bond donors (Lipinski definition) is 1. The minimum absolute atomic E-state index is 0.146. The fourth-order valence-corrected chi connectivity index (χ4v) is 6.19. The Balaban J connectivity index is 1.29. The first kappa shape index (κ1) is 26.8. The fourth-order valence-electron chi connectivity index (χ4n) is 6.19. The molecule has 2 atom stereocenters. The first-order valence-corrected chi connectivity index (χ1v) is 14.3. The van der Waals surface area contributed by atoms with E-state index in [4.69, 9.17) is 4.98 Å². The SMILES string of the molecule is O=C(O)N1CCN(C(=O)c2ncn([C@H]3CCN(Cc4ccccc4)C3)c2-c2ccccc2)[C@H](Cc2ccccc2)C1. The maximum absolute atomic E-state index is 14.3. The molecule has 2 fully saturated rings. The van der Waals surface area contributed by atoms with Crippen LogP contribution < -0.4 is 0 Å². The van der Waals surface area contributed by atoms with Gasteiger partial charge in [-0.2, -0.15) is 0 Å². The number of nitrogens with zero attached hydrogens (tertiary/aromatic N) is 5. The summed E-state index contributed by atoms with van der Waals surface area (Å²) in [6, 6.07) is 30.4. The van der Waals surface area contributed by atoms with Gasteiger partial charge in [0.1, 0.15) is 0 Å². The molecule has 1 N–H and O–H groups in total. The molecule has 6 rings (SSSR count). The highest BCUT2D eigenvalue weighted by Crippen LogP contribution is 2.33. The first-order valence-electron chi connectivity index (χ1n) is 14.3. The maximum Gasteiger partial charge on any atom is 0.407 e. The van der Waals surface area contributed by atoms with Gasteiger partial charge in [-0.1, -0.05) is 91.0 Å². The number of piperazine rings is 1. The molecule has 2 saturated heterocycles. The summed E-state index contributed by atoms with van der Waals surface area (Å²) in [5, 5.41) is 9.70. The number of likely N-dealkylation sites (tertiary alicyclic amines) is 1. The van der Waals surface area contributed by atoms with Gasteiger partial charge in [0.15, 0.2) is 5.69 Å². The fraction of sp³-hybridized carbons (Fsp3) is 0.303. The van der Waals surface area contributed by atoms with Crippen molar-refractivity contribution in [2.24, 2.45) is 0 Å². The van der Waals surface area contributed by atoms with Crippen LogP contribution >= 0.6 is 0 Å². The van der Waals surface area contributed by atoms with E-state index in [1.54, 1.807) is 0 Å². The Morgan fingerprint density at radius 3 is 2.15 bits per heavy atom. The summed E-state index contributed by atoms with van der Waals surface area (Å²) in [6.07, 6.45) is 2.43. The van der Waals surface area contributed by atoms with E-state index in [-0.39, 0.29) is 31.1 Å². The molecule has 3 heterocycles. The van der Waals surface area contributed by atoms with E-state index in [2.05, 4.69) is 33.7 Å². The smallest absolute Gasteiger partial charge is 0.407 e. The number of imidazole rings is 1. The molecule has 0 spiro atoms. The molecule has 2 amide bonds. The molecule has 2 aliphatic heterocycles. The van der Waals surface area contributed by atoms with Crippen molar-refractivity contribution in [2.45, 2.75) is 31.5 Å². The summed E-state index contributed by atoms with van der Waals surface area (Å²) in [5.41, 5.74) is 4.59. The average Bonchev–Trinajstić information content (AvgIpc) is 3.66. The third-order valence-electron chi connectivity index (χ3n) is 8.26. The van der Waals surface area contributed by atoms with Crippen molar-refractivity contribution >= 4 is 12.0 Å². The number of aromatic nitrogens is 2. The summed E-state index contributed by atoms with van der Waals surface area (Å²) in [5.74, 6) is -0.146. The molecule has 8 nitrogen and oxygen atoms in total. The third-order valence-corrected chi connectivity index (χ3v) is 8.26. The molecule has 8 heteroatoms. The highest BCUT2D eigenvalue weighted by molar-refractivity contribution is 5.98. The first-order chi connectivity index (χ1) is 20.1. The molecule has 4 aromatic rings. The Hall–Kier alpha value is -4.43. The summed E-state index contributed by atoms with van der Waals surface area (Å²) in [7, 11) is 0. The highest BCUT2D eigenvalue weighted by atomic mass is 16.4. The van der Waals surface area contributed by atoms with Gasteiger partial charge in [0.2, 0.25) is 0 Å². The topological polar surface area (TPSA) is 81.9 Å². The molecule has 210 valence electrons. The Morgan fingerprint density at radius 2 is 1.46 bits per heavy atom. The van der Waals surface area contributed by atoms with Crippen molar-refractivity contribution in [3.05, 3.63) is 114 Å². The minimum Gasteiger partial charge on any atom is -0.465 e. The van der Waals surface area contributed by atoms with Gasteiger partial charge in [-0.05, 0) is 24.0 Å². The van der Waals surface area contributed by atoms with Crippen molar-refractivity contribution in [1.29, 1.82) is 0 Å². The Labute approximate surface area is 240 Å². The second kappa shape index (κ2) is 12.0. The molecule has 0 aliphatic carbocycles. The standard InChI is InChI=1S/C33H35N5O3/c39-32(37-19-18-36(33(40)41)23-29(37)20-25-10-4-1-5-11-25)30-31(27-14-8-3-9-15-27)38(24-34-30)28-16-17-35(22-28)21-26-12-6-2-7-13-26/h1-15,24,28-29H,16-23H2,(H,40,41)/t28-,29+/m0/s1. The van der Waals surface area contributed by atoms with Gasteiger partial charge >= 0.3 is 6.09 Å². The van der Waals surface area contributed by atoms with E-state index >= 15 is 0 Å². The van der Waals surface area contributed by atoms with Gasteiger partial charge in [-0.25, -0.2) is 9.78 Å². The number of carbonyl (C=O) groups is 2. The molecular formula is C33H35N5O3. The van der Waals surface area contributed by atoms with Gasteiger partial charge in [0.25, 0.3) is 5.91 Å². The lowest BCUT2D eigenvalue weighted by Crippen LogP contribution is -2.57. The lowest BCUT2D eigenvalue weighted by molar-refractivity contribution is 0.0447. The van der Waals surface area contributed by atoms with Gasteiger partial charge in [-0.15, -0.1) is 0 Å². The number of benzene rings is 3. The van der Waals surface area contributed by atoms with Crippen LogP contribution in [-0.4, -0.2) is 80.1 Å². The van der Waals surface area contributed by atoms with E-state index < -0.39 is 6.09 Å². The zero-order valence-electron chi connectivity index (χ0n) is 23.0. The van der Waals surface area contributed by atoms with Crippen LogP contribution in [0, 0.1) is 0 Å². The van der Waals surface area contributed by atoms with Crippen molar-refractivity contribution in [2.75, 3.05) is 32.7 Å². The predicted octanol–water partition coefficient (Wildman–Crippen LogP) is 5.04. The molecular weight excluding hydrogens is 514 g/mol. The number of carbonyl (C=O) groups excluding carboxylic acids is 1. The van der Waals surface area contributed by atoms with Crippen LogP contribution in [0.4, 0.5) is 4.79 Å². The normalized spacial score (nSPS) is 19.4. The molecule has 0 saturated carbocycles. The van der Waals surface area contributed by atoms with E-state index in [1.165, 1.54) is 10.5 Å². The number of rotatable bonds is 7. The Bertz CT molecular complexity index is 1470. The van der Waals surface area contributed by atoms with Crippen LogP contribution in [0.25, 0.3) is 11.3 Å². The molecule has 3 aromatic carbocycles. The molecule has 0 bridgehead atoms. The van der Waals surface area contributed by atoms with Gasteiger partial charge in [0.05, 0.1) is 18.1 Å². The van der Waals surface area contributed by atoms with E-state index in [1.807, 2.05) is 78.0 Å². The highest BCUT2D eigenvalue weighted by Gasteiger charge is 2.36. The second-order valence-electron chi connectivity index (χ2n) is 10.9. The van der Waals surface area contributed by atoms with E-state index in [0.29, 0.717) is 18.7 Å². The number of amides is 2. The quantitative estimate of drug-likeness (QED) is 0.349. The van der Waals surface area contributed by atoms with Crippen molar-refractivity contribution in [3.8, 4) is 11.3 Å². The zero-order chi connectivity index (χ0) is 28.2.